The second-order valence-corrected chi connectivity index (χ2v) is 6.53. The lowest BCUT2D eigenvalue weighted by molar-refractivity contribution is 0.629. The Morgan fingerprint density at radius 3 is 2.16 bits per heavy atom. The molecule has 0 aliphatic rings. The van der Waals surface area contributed by atoms with Gasteiger partial charge in [-0.25, -0.2) is 4.39 Å². The molecular formula is C15H16FNS2. The highest BCUT2D eigenvalue weighted by Crippen LogP contribution is 2.25. The average Bonchev–Trinajstić information content (AvgIpc) is 2.41. The number of nitrogen functional groups attached to an aromatic ring is 1. The lowest BCUT2D eigenvalue weighted by Crippen LogP contribution is -1.90. The fourth-order valence-corrected chi connectivity index (χ4v) is 3.37. The molecule has 0 amide bonds. The third-order valence-corrected chi connectivity index (χ3v) is 4.88. The van der Waals surface area contributed by atoms with E-state index in [1.807, 2.05) is 17.8 Å². The van der Waals surface area contributed by atoms with Crippen LogP contribution < -0.4 is 5.73 Å². The van der Waals surface area contributed by atoms with E-state index in [-0.39, 0.29) is 11.5 Å². The minimum Gasteiger partial charge on any atom is -0.396 e. The molecule has 0 fully saturated rings. The molecule has 2 aromatic carbocycles. The third kappa shape index (κ3) is 4.48. The summed E-state index contributed by atoms with van der Waals surface area (Å²) in [4.78, 5) is 2.20. The predicted molar refractivity (Wildman–Crippen MR) is 83.4 cm³/mol. The summed E-state index contributed by atoms with van der Waals surface area (Å²) >= 11 is 3.47. The summed E-state index contributed by atoms with van der Waals surface area (Å²) in [7, 11) is 0. The second-order valence-electron chi connectivity index (χ2n) is 4.19. The molecule has 0 heterocycles. The number of hydrogen-bond donors (Lipinski definition) is 1. The van der Waals surface area contributed by atoms with E-state index in [1.54, 1.807) is 17.8 Å². The molecule has 0 bridgehead atoms. The Bertz CT molecular complexity index is 540. The zero-order valence-electron chi connectivity index (χ0n) is 10.7. The molecule has 0 unspecified atom stereocenters. The van der Waals surface area contributed by atoms with Crippen LogP contribution in [0.3, 0.4) is 0 Å². The van der Waals surface area contributed by atoms with Crippen molar-refractivity contribution in [2.24, 2.45) is 0 Å². The lowest BCUT2D eigenvalue weighted by Gasteiger charge is -2.04. The van der Waals surface area contributed by atoms with Gasteiger partial charge in [-0.05, 0) is 37.3 Å². The summed E-state index contributed by atoms with van der Waals surface area (Å²) in [6.45, 7) is 2.08. The van der Waals surface area contributed by atoms with Crippen molar-refractivity contribution >= 4 is 29.2 Å². The van der Waals surface area contributed by atoms with Crippen molar-refractivity contribution in [2.75, 3.05) is 17.2 Å². The first-order valence-electron chi connectivity index (χ1n) is 6.02. The van der Waals surface area contributed by atoms with Gasteiger partial charge >= 0.3 is 0 Å². The van der Waals surface area contributed by atoms with Crippen LogP contribution in [0.25, 0.3) is 0 Å². The number of aryl methyl sites for hydroxylation is 1. The van der Waals surface area contributed by atoms with E-state index in [0.29, 0.717) is 0 Å². The Kier molecular flexibility index (Phi) is 5.16. The highest BCUT2D eigenvalue weighted by molar-refractivity contribution is 8.03. The number of nitrogens with two attached hydrogens (primary N) is 1. The maximum Gasteiger partial charge on any atom is 0.147 e. The molecule has 0 radical (unpaired) electrons. The van der Waals surface area contributed by atoms with Crippen LogP contribution in [0.5, 0.6) is 0 Å². The number of rotatable bonds is 5. The van der Waals surface area contributed by atoms with Gasteiger partial charge in [0.05, 0.1) is 5.69 Å². The monoisotopic (exact) mass is 293 g/mol. The minimum atomic E-state index is -0.337. The van der Waals surface area contributed by atoms with Crippen molar-refractivity contribution in [1.29, 1.82) is 0 Å². The van der Waals surface area contributed by atoms with Gasteiger partial charge in [0.2, 0.25) is 0 Å². The Hall–Kier alpha value is -1.13. The van der Waals surface area contributed by atoms with Gasteiger partial charge < -0.3 is 5.73 Å². The highest BCUT2D eigenvalue weighted by Gasteiger charge is 2.01. The van der Waals surface area contributed by atoms with Gasteiger partial charge in [-0.1, -0.05) is 17.7 Å². The smallest absolute Gasteiger partial charge is 0.147 e. The van der Waals surface area contributed by atoms with Crippen molar-refractivity contribution in [3.8, 4) is 0 Å². The standard InChI is InChI=1S/C15H16FNS2/c1-11-2-4-12(5-3-11)18-8-9-19-13-6-7-15(17)14(16)10-13/h2-7,10H,8-9,17H2,1H3. The molecule has 1 nitrogen and oxygen atoms in total. The van der Waals surface area contributed by atoms with Crippen molar-refractivity contribution in [3.05, 3.63) is 53.8 Å². The van der Waals surface area contributed by atoms with Gasteiger partial charge in [0.15, 0.2) is 0 Å². The first-order valence-corrected chi connectivity index (χ1v) is 7.99. The second kappa shape index (κ2) is 6.87. The summed E-state index contributed by atoms with van der Waals surface area (Å²) in [5.41, 5.74) is 6.92. The fourth-order valence-electron chi connectivity index (χ4n) is 1.55. The molecule has 0 atom stereocenters. The Morgan fingerprint density at radius 2 is 1.53 bits per heavy atom. The summed E-state index contributed by atoms with van der Waals surface area (Å²) in [5.74, 6) is 1.61. The molecule has 19 heavy (non-hydrogen) atoms. The zero-order chi connectivity index (χ0) is 13.7. The van der Waals surface area contributed by atoms with Gasteiger partial charge in [0.1, 0.15) is 5.82 Å². The van der Waals surface area contributed by atoms with Crippen LogP contribution in [0.15, 0.2) is 52.3 Å². The summed E-state index contributed by atoms with van der Waals surface area (Å²) in [6.07, 6.45) is 0. The van der Waals surface area contributed by atoms with E-state index in [9.17, 15) is 4.39 Å². The van der Waals surface area contributed by atoms with Crippen molar-refractivity contribution < 1.29 is 4.39 Å². The van der Waals surface area contributed by atoms with Gasteiger partial charge in [-0.15, -0.1) is 23.5 Å². The maximum atomic E-state index is 13.2. The molecule has 0 aromatic heterocycles. The third-order valence-electron chi connectivity index (χ3n) is 2.61. The first kappa shape index (κ1) is 14.3. The quantitative estimate of drug-likeness (QED) is 0.495. The summed E-state index contributed by atoms with van der Waals surface area (Å²) in [6, 6.07) is 13.5. The molecule has 2 N–H and O–H groups in total. The zero-order valence-corrected chi connectivity index (χ0v) is 12.4. The largest absolute Gasteiger partial charge is 0.396 e. The number of thioether (sulfide) groups is 2. The van der Waals surface area contributed by atoms with Crippen LogP contribution in [0.1, 0.15) is 5.56 Å². The number of hydrogen-bond acceptors (Lipinski definition) is 3. The Labute approximate surface area is 121 Å². The number of benzene rings is 2. The summed E-state index contributed by atoms with van der Waals surface area (Å²) in [5, 5.41) is 0. The van der Waals surface area contributed by atoms with Crippen LogP contribution in [0, 0.1) is 12.7 Å². The van der Waals surface area contributed by atoms with E-state index in [1.165, 1.54) is 16.5 Å². The van der Waals surface area contributed by atoms with E-state index in [0.717, 1.165) is 16.4 Å². The van der Waals surface area contributed by atoms with Gasteiger partial charge in [-0.3, -0.25) is 0 Å². The Morgan fingerprint density at radius 1 is 0.947 bits per heavy atom. The van der Waals surface area contributed by atoms with Crippen LogP contribution in [0.2, 0.25) is 0 Å². The molecule has 100 valence electrons. The first-order chi connectivity index (χ1) is 9.15. The van der Waals surface area contributed by atoms with Crippen molar-refractivity contribution in [3.63, 3.8) is 0 Å². The van der Waals surface area contributed by atoms with Gasteiger partial charge in [0.25, 0.3) is 0 Å². The van der Waals surface area contributed by atoms with Crippen LogP contribution in [-0.4, -0.2) is 11.5 Å². The molecule has 4 heteroatoms. The van der Waals surface area contributed by atoms with E-state index in [4.69, 9.17) is 5.73 Å². The van der Waals surface area contributed by atoms with Gasteiger partial charge in [-0.2, -0.15) is 0 Å². The molecule has 2 rings (SSSR count). The molecule has 2 aromatic rings. The van der Waals surface area contributed by atoms with Crippen LogP contribution >= 0.6 is 23.5 Å². The van der Waals surface area contributed by atoms with Gasteiger partial charge in [0, 0.05) is 21.3 Å². The molecule has 0 aliphatic heterocycles. The molecule has 0 aliphatic carbocycles. The number of halogens is 1. The Balaban J connectivity index is 1.77. The van der Waals surface area contributed by atoms with Crippen molar-refractivity contribution in [1.82, 2.24) is 0 Å². The molecule has 0 spiro atoms. The molecule has 0 saturated carbocycles. The molecular weight excluding hydrogens is 277 g/mol. The summed E-state index contributed by atoms with van der Waals surface area (Å²) < 4.78 is 13.2. The van der Waals surface area contributed by atoms with E-state index < -0.39 is 0 Å². The van der Waals surface area contributed by atoms with Crippen molar-refractivity contribution in [2.45, 2.75) is 16.7 Å². The SMILES string of the molecule is Cc1ccc(SCCSc2ccc(N)c(F)c2)cc1. The lowest BCUT2D eigenvalue weighted by atomic mass is 10.2. The number of anilines is 1. The normalized spacial score (nSPS) is 10.6. The fraction of sp³-hybridized carbons (Fsp3) is 0.200. The van der Waals surface area contributed by atoms with E-state index >= 15 is 0 Å². The minimum absolute atomic E-state index is 0.207. The molecule has 0 saturated heterocycles. The van der Waals surface area contributed by atoms with E-state index in [2.05, 4.69) is 31.2 Å². The van der Waals surface area contributed by atoms with Crippen LogP contribution in [-0.2, 0) is 0 Å². The van der Waals surface area contributed by atoms with Crippen LogP contribution in [0.4, 0.5) is 10.1 Å². The average molecular weight is 293 g/mol. The highest BCUT2D eigenvalue weighted by atomic mass is 32.2. The maximum absolute atomic E-state index is 13.2. The predicted octanol–water partition coefficient (Wildman–Crippen LogP) is 4.60. The topological polar surface area (TPSA) is 26.0 Å².